The first kappa shape index (κ1) is 22.8. The monoisotopic (exact) mass is 559 g/mol. The summed E-state index contributed by atoms with van der Waals surface area (Å²) in [6.45, 7) is 0. The lowest BCUT2D eigenvalue weighted by atomic mass is 9.80. The molecule has 1 N–H and O–H groups in total. The number of amides is 2. The molecule has 1 aromatic heterocycles. The first-order valence-electron chi connectivity index (χ1n) is 11.4. The predicted octanol–water partition coefficient (Wildman–Crippen LogP) is 3.38. The number of rotatable bonds is 3. The fourth-order valence-corrected chi connectivity index (χ4v) is 6.46. The van der Waals surface area contributed by atoms with Crippen molar-refractivity contribution in [3.05, 3.63) is 126 Å². The average Bonchev–Trinajstić information content (AvgIpc) is 3.29. The van der Waals surface area contributed by atoms with Gasteiger partial charge in [-0.3, -0.25) is 20.0 Å². The number of likely N-dealkylation sites (N-methyl/N-ethyl adjacent to an activating group) is 2. The van der Waals surface area contributed by atoms with Gasteiger partial charge in [0.05, 0.1) is 4.53 Å². The van der Waals surface area contributed by atoms with Crippen LogP contribution in [0.1, 0.15) is 16.7 Å². The Hall–Kier alpha value is -3.69. The second kappa shape index (κ2) is 8.18. The van der Waals surface area contributed by atoms with Gasteiger partial charge in [-0.1, -0.05) is 100 Å². The maximum absolute atomic E-state index is 13.7. The summed E-state index contributed by atoms with van der Waals surface area (Å²) in [6.07, 6.45) is 1.86. The van der Waals surface area contributed by atoms with Gasteiger partial charge in [-0.15, -0.1) is 0 Å². The van der Waals surface area contributed by atoms with Gasteiger partial charge in [0, 0.05) is 29.7 Å². The van der Waals surface area contributed by atoms with Gasteiger partial charge in [-0.05, 0) is 23.8 Å². The topological polar surface area (TPSA) is 69.9 Å². The maximum atomic E-state index is 13.7. The van der Waals surface area contributed by atoms with Crippen LogP contribution in [0, 0.1) is 0 Å². The highest BCUT2D eigenvalue weighted by molar-refractivity contribution is 9.10. The number of carbonyl (C=O) groups excluding carboxylic acids is 1. The largest absolute Gasteiger partial charge is 0.324 e. The zero-order chi connectivity index (χ0) is 25.1. The zero-order valence-electron chi connectivity index (χ0n) is 19.6. The Morgan fingerprint density at radius 3 is 2.11 bits per heavy atom. The normalized spacial score (nSPS) is 23.2. The highest BCUT2D eigenvalue weighted by Crippen LogP contribution is 2.53. The lowest BCUT2D eigenvalue weighted by molar-refractivity contribution is 0.0648. The molecule has 9 heteroatoms. The molecule has 2 aliphatic rings. The smallest absolute Gasteiger partial charge is 0.295 e. The van der Waals surface area contributed by atoms with Gasteiger partial charge in [0.1, 0.15) is 0 Å². The Labute approximate surface area is 219 Å². The summed E-state index contributed by atoms with van der Waals surface area (Å²) >= 11 is 4.75. The van der Waals surface area contributed by atoms with Crippen molar-refractivity contribution in [1.82, 2.24) is 14.5 Å². The maximum Gasteiger partial charge on any atom is 0.324 e. The van der Waals surface area contributed by atoms with Crippen molar-refractivity contribution in [2.75, 3.05) is 19.5 Å². The minimum absolute atomic E-state index is 0.205. The van der Waals surface area contributed by atoms with Crippen LogP contribution in [0.3, 0.4) is 0 Å². The van der Waals surface area contributed by atoms with Crippen LogP contribution in [-0.2, 0) is 11.3 Å². The number of benzene rings is 3. The second-order valence-corrected chi connectivity index (χ2v) is 10.7. The lowest BCUT2D eigenvalue weighted by Gasteiger charge is -2.49. The molecule has 1 saturated heterocycles. The molecule has 2 amide bonds. The van der Waals surface area contributed by atoms with Crippen LogP contribution in [-0.4, -0.2) is 34.6 Å². The first-order chi connectivity index (χ1) is 17.4. The fraction of sp³-hybridized carbons (Fsp3) is 0.148. The lowest BCUT2D eigenvalue weighted by Crippen LogP contribution is -2.67. The number of fused-ring (bicyclic) bond motifs is 2. The van der Waals surface area contributed by atoms with E-state index in [9.17, 15) is 9.59 Å². The predicted molar refractivity (Wildman–Crippen MR) is 144 cm³/mol. The van der Waals surface area contributed by atoms with Gasteiger partial charge >= 0.3 is 6.03 Å². The molecular formula is C27H22BrN5O2S. The molecule has 0 aliphatic carbocycles. The number of thiazole rings is 1. The fourth-order valence-electron chi connectivity index (χ4n) is 5.23. The molecule has 180 valence electrons. The SMILES string of the molecule is CN1C(=O)N(C)[C@@]2(c3ccccc3)Nn3c(s/c(=C\c4ccc(Br)cc4)c3=O)=N[C@]12c1ccccc1. The molecule has 0 bridgehead atoms. The molecule has 3 heterocycles. The highest BCUT2D eigenvalue weighted by Gasteiger charge is 2.69. The van der Waals surface area contributed by atoms with Crippen LogP contribution in [0.5, 0.6) is 0 Å². The Morgan fingerprint density at radius 1 is 0.861 bits per heavy atom. The molecule has 7 nitrogen and oxygen atoms in total. The van der Waals surface area contributed by atoms with E-state index in [1.807, 2.05) is 91.0 Å². The Balaban J connectivity index is 1.70. The number of urea groups is 1. The molecule has 2 aliphatic heterocycles. The highest BCUT2D eigenvalue weighted by atomic mass is 79.9. The molecule has 0 unspecified atom stereocenters. The van der Waals surface area contributed by atoms with E-state index < -0.39 is 11.3 Å². The molecule has 6 rings (SSSR count). The van der Waals surface area contributed by atoms with Crippen molar-refractivity contribution in [2.45, 2.75) is 11.3 Å². The van der Waals surface area contributed by atoms with Crippen LogP contribution in [0.25, 0.3) is 6.08 Å². The van der Waals surface area contributed by atoms with E-state index >= 15 is 0 Å². The Kier molecular flexibility index (Phi) is 5.17. The van der Waals surface area contributed by atoms with Crippen LogP contribution in [0.2, 0.25) is 0 Å². The average molecular weight is 560 g/mol. The summed E-state index contributed by atoms with van der Waals surface area (Å²) in [4.78, 5) is 36.3. The third-order valence-electron chi connectivity index (χ3n) is 6.94. The van der Waals surface area contributed by atoms with Gasteiger partial charge in [-0.2, -0.15) is 4.68 Å². The van der Waals surface area contributed by atoms with Gasteiger partial charge in [0.15, 0.2) is 0 Å². The minimum Gasteiger partial charge on any atom is -0.295 e. The molecule has 0 saturated carbocycles. The van der Waals surface area contributed by atoms with E-state index in [-0.39, 0.29) is 11.6 Å². The number of halogens is 1. The molecule has 4 aromatic rings. The third kappa shape index (κ3) is 2.99. The van der Waals surface area contributed by atoms with Crippen molar-refractivity contribution in [3.8, 4) is 0 Å². The summed E-state index contributed by atoms with van der Waals surface area (Å²) in [5.41, 5.74) is 3.50. The molecule has 3 aromatic carbocycles. The number of hydrogen-bond acceptors (Lipinski definition) is 5. The number of hydrogen-bond donors (Lipinski definition) is 1. The quantitative estimate of drug-likeness (QED) is 0.418. The number of aromatic nitrogens is 1. The zero-order valence-corrected chi connectivity index (χ0v) is 22.0. The van der Waals surface area contributed by atoms with Crippen LogP contribution in [0.15, 0.2) is 99.2 Å². The minimum atomic E-state index is -1.17. The van der Waals surface area contributed by atoms with Crippen molar-refractivity contribution in [1.29, 1.82) is 0 Å². The molecular weight excluding hydrogens is 538 g/mol. The van der Waals surface area contributed by atoms with Gasteiger partial charge in [0.2, 0.25) is 16.1 Å². The molecule has 0 spiro atoms. The number of nitrogens with one attached hydrogen (secondary N) is 1. The summed E-state index contributed by atoms with van der Waals surface area (Å²) in [7, 11) is 3.51. The molecule has 1 fully saturated rings. The van der Waals surface area contributed by atoms with E-state index in [2.05, 4.69) is 21.4 Å². The van der Waals surface area contributed by atoms with E-state index in [4.69, 9.17) is 4.99 Å². The standard InChI is InChI=1S/C27H22BrN5O2S/c1-31-25(35)32(2)27(20-11-7-4-8-12-20)26(31,19-9-5-3-6-10-19)29-24-33(30-27)23(34)22(36-24)17-18-13-15-21(28)16-14-18/h3-17,30H,1-2H3/b22-17-/t26-,27-/m1/s1. The van der Waals surface area contributed by atoms with Crippen molar-refractivity contribution >= 4 is 39.4 Å². The second-order valence-electron chi connectivity index (χ2n) is 8.82. The third-order valence-corrected chi connectivity index (χ3v) is 8.44. The summed E-state index contributed by atoms with van der Waals surface area (Å²) in [5, 5.41) is 0. The molecule has 2 atom stereocenters. The van der Waals surface area contributed by atoms with E-state index in [1.54, 1.807) is 23.9 Å². The van der Waals surface area contributed by atoms with Crippen LogP contribution < -0.4 is 20.3 Å². The van der Waals surface area contributed by atoms with E-state index in [0.29, 0.717) is 9.33 Å². The molecule has 36 heavy (non-hydrogen) atoms. The summed E-state index contributed by atoms with van der Waals surface area (Å²) in [6, 6.07) is 27.0. The van der Waals surface area contributed by atoms with Crippen LogP contribution in [0.4, 0.5) is 4.79 Å². The van der Waals surface area contributed by atoms with E-state index in [0.717, 1.165) is 21.2 Å². The number of nitrogens with zero attached hydrogens (tertiary/aromatic N) is 4. The Morgan fingerprint density at radius 2 is 1.47 bits per heavy atom. The van der Waals surface area contributed by atoms with Gasteiger partial charge < -0.3 is 0 Å². The Bertz CT molecular complexity index is 1650. The van der Waals surface area contributed by atoms with Gasteiger partial charge in [0.25, 0.3) is 5.56 Å². The van der Waals surface area contributed by atoms with Crippen molar-refractivity contribution in [3.63, 3.8) is 0 Å². The first-order valence-corrected chi connectivity index (χ1v) is 13.0. The van der Waals surface area contributed by atoms with Crippen molar-refractivity contribution < 1.29 is 4.79 Å². The number of carbonyl (C=O) groups is 1. The van der Waals surface area contributed by atoms with Crippen molar-refractivity contribution in [2.24, 2.45) is 4.99 Å². The van der Waals surface area contributed by atoms with Crippen LogP contribution >= 0.6 is 27.3 Å². The summed E-state index contributed by atoms with van der Waals surface area (Å²) < 4.78 is 3.00. The summed E-state index contributed by atoms with van der Waals surface area (Å²) in [5.74, 6) is 0. The van der Waals surface area contributed by atoms with E-state index in [1.165, 1.54) is 16.0 Å². The molecule has 0 radical (unpaired) electrons. The van der Waals surface area contributed by atoms with Gasteiger partial charge in [-0.25, -0.2) is 9.79 Å².